The second kappa shape index (κ2) is 5.07. The Morgan fingerprint density at radius 2 is 1.86 bits per heavy atom. The summed E-state index contributed by atoms with van der Waals surface area (Å²) >= 11 is 1.68. The minimum atomic E-state index is 0.814. The van der Waals surface area contributed by atoms with Crippen molar-refractivity contribution in [2.45, 2.75) is 0 Å². The van der Waals surface area contributed by atoms with Gasteiger partial charge in [0.2, 0.25) is 0 Å². The fourth-order valence-electron chi connectivity index (χ4n) is 2.29. The van der Waals surface area contributed by atoms with Gasteiger partial charge in [0.1, 0.15) is 11.4 Å². The highest BCUT2D eigenvalue weighted by molar-refractivity contribution is 7.13. The van der Waals surface area contributed by atoms with Gasteiger partial charge in [0.25, 0.3) is 0 Å². The van der Waals surface area contributed by atoms with Gasteiger partial charge < -0.3 is 4.42 Å². The SMILES string of the molecule is c1ccc(-n2nc(-c3cccs3)cc2-c2ccco2)cc1. The first kappa shape index (κ1) is 12.2. The Kier molecular flexibility index (Phi) is 2.94. The molecule has 3 heterocycles. The van der Waals surface area contributed by atoms with Gasteiger partial charge >= 0.3 is 0 Å². The van der Waals surface area contributed by atoms with E-state index in [9.17, 15) is 0 Å². The third kappa shape index (κ3) is 2.19. The molecule has 0 spiro atoms. The predicted octanol–water partition coefficient (Wildman–Crippen LogP) is 4.86. The van der Waals surface area contributed by atoms with Gasteiger partial charge in [0, 0.05) is 0 Å². The summed E-state index contributed by atoms with van der Waals surface area (Å²) in [5.41, 5.74) is 2.93. The number of hydrogen-bond acceptors (Lipinski definition) is 3. The van der Waals surface area contributed by atoms with E-state index < -0.39 is 0 Å². The molecule has 0 N–H and O–H groups in total. The smallest absolute Gasteiger partial charge is 0.152 e. The van der Waals surface area contributed by atoms with Crippen LogP contribution in [0.1, 0.15) is 0 Å². The van der Waals surface area contributed by atoms with Gasteiger partial charge in [-0.15, -0.1) is 11.3 Å². The van der Waals surface area contributed by atoms with Gasteiger partial charge in [-0.2, -0.15) is 5.10 Å². The van der Waals surface area contributed by atoms with Crippen LogP contribution in [0.2, 0.25) is 0 Å². The molecule has 0 bridgehead atoms. The Bertz CT molecular complexity index is 830. The first-order valence-corrected chi connectivity index (χ1v) is 7.53. The van der Waals surface area contributed by atoms with Crippen LogP contribution in [0.3, 0.4) is 0 Å². The lowest BCUT2D eigenvalue weighted by Gasteiger charge is -2.04. The minimum absolute atomic E-state index is 0.814. The lowest BCUT2D eigenvalue weighted by molar-refractivity contribution is 0.577. The standard InChI is InChI=1S/C17H12N2OS/c1-2-6-13(7-3-1)19-15(16-8-4-10-20-16)12-14(18-19)17-9-5-11-21-17/h1-12H. The van der Waals surface area contributed by atoms with E-state index in [-0.39, 0.29) is 0 Å². The van der Waals surface area contributed by atoms with Gasteiger partial charge in [-0.05, 0) is 41.8 Å². The molecule has 21 heavy (non-hydrogen) atoms. The van der Waals surface area contributed by atoms with Crippen molar-refractivity contribution < 1.29 is 4.42 Å². The number of para-hydroxylation sites is 1. The van der Waals surface area contributed by atoms with Crippen molar-refractivity contribution >= 4 is 11.3 Å². The molecule has 0 amide bonds. The number of hydrogen-bond donors (Lipinski definition) is 0. The molecule has 0 saturated heterocycles. The molecule has 4 rings (SSSR count). The van der Waals surface area contributed by atoms with Crippen LogP contribution in [0.15, 0.2) is 76.7 Å². The van der Waals surface area contributed by atoms with Crippen LogP contribution in [0.5, 0.6) is 0 Å². The molecule has 0 atom stereocenters. The number of aromatic nitrogens is 2. The molecule has 0 fully saturated rings. The van der Waals surface area contributed by atoms with Gasteiger partial charge in [-0.1, -0.05) is 24.3 Å². The third-order valence-electron chi connectivity index (χ3n) is 3.26. The van der Waals surface area contributed by atoms with Crippen LogP contribution in [-0.4, -0.2) is 9.78 Å². The van der Waals surface area contributed by atoms with Crippen LogP contribution < -0.4 is 0 Å². The quantitative estimate of drug-likeness (QED) is 0.540. The molecule has 4 aromatic rings. The number of furan rings is 1. The van der Waals surface area contributed by atoms with Crippen molar-refractivity contribution in [3.8, 4) is 27.7 Å². The lowest BCUT2D eigenvalue weighted by atomic mass is 10.2. The zero-order valence-corrected chi connectivity index (χ0v) is 12.0. The van der Waals surface area contributed by atoms with Gasteiger partial charge in [-0.25, -0.2) is 4.68 Å². The van der Waals surface area contributed by atoms with Crippen molar-refractivity contribution in [1.29, 1.82) is 0 Å². The van der Waals surface area contributed by atoms with E-state index in [2.05, 4.69) is 17.5 Å². The van der Waals surface area contributed by atoms with Crippen LogP contribution in [0.4, 0.5) is 0 Å². The maximum absolute atomic E-state index is 5.55. The fourth-order valence-corrected chi connectivity index (χ4v) is 2.97. The normalized spacial score (nSPS) is 10.9. The molecular weight excluding hydrogens is 280 g/mol. The van der Waals surface area contributed by atoms with Crippen molar-refractivity contribution in [2.75, 3.05) is 0 Å². The molecule has 0 radical (unpaired) electrons. The number of benzene rings is 1. The molecule has 4 heteroatoms. The number of nitrogens with zero attached hydrogens (tertiary/aromatic N) is 2. The van der Waals surface area contributed by atoms with Crippen molar-refractivity contribution in [3.63, 3.8) is 0 Å². The molecule has 3 nitrogen and oxygen atoms in total. The summed E-state index contributed by atoms with van der Waals surface area (Å²) in [6.07, 6.45) is 1.68. The predicted molar refractivity (Wildman–Crippen MR) is 84.6 cm³/mol. The second-order valence-corrected chi connectivity index (χ2v) is 5.56. The minimum Gasteiger partial charge on any atom is -0.463 e. The van der Waals surface area contributed by atoms with Crippen LogP contribution in [0, 0.1) is 0 Å². The second-order valence-electron chi connectivity index (χ2n) is 4.62. The third-order valence-corrected chi connectivity index (χ3v) is 4.15. The zero-order valence-electron chi connectivity index (χ0n) is 11.1. The monoisotopic (exact) mass is 292 g/mol. The van der Waals surface area contributed by atoms with Crippen molar-refractivity contribution in [1.82, 2.24) is 9.78 Å². The zero-order chi connectivity index (χ0) is 14.1. The summed E-state index contributed by atoms with van der Waals surface area (Å²) in [5, 5.41) is 6.80. The topological polar surface area (TPSA) is 31.0 Å². The molecule has 3 aromatic heterocycles. The van der Waals surface area contributed by atoms with E-state index in [0.717, 1.165) is 27.7 Å². The fraction of sp³-hybridized carbons (Fsp3) is 0. The van der Waals surface area contributed by atoms with Gasteiger partial charge in [0.15, 0.2) is 5.76 Å². The maximum Gasteiger partial charge on any atom is 0.152 e. The van der Waals surface area contributed by atoms with E-state index in [0.29, 0.717) is 0 Å². The first-order chi connectivity index (χ1) is 10.4. The van der Waals surface area contributed by atoms with Crippen molar-refractivity contribution in [2.24, 2.45) is 0 Å². The van der Waals surface area contributed by atoms with Crippen LogP contribution in [0.25, 0.3) is 27.7 Å². The van der Waals surface area contributed by atoms with E-state index in [4.69, 9.17) is 9.52 Å². The highest BCUT2D eigenvalue weighted by atomic mass is 32.1. The number of rotatable bonds is 3. The highest BCUT2D eigenvalue weighted by Gasteiger charge is 2.15. The summed E-state index contributed by atoms with van der Waals surface area (Å²) in [4.78, 5) is 1.15. The Morgan fingerprint density at radius 1 is 0.952 bits per heavy atom. The Morgan fingerprint density at radius 3 is 2.57 bits per heavy atom. The molecule has 0 aliphatic rings. The highest BCUT2D eigenvalue weighted by Crippen LogP contribution is 2.30. The van der Waals surface area contributed by atoms with Gasteiger partial charge in [0.05, 0.1) is 16.8 Å². The summed E-state index contributed by atoms with van der Waals surface area (Å²) in [6.45, 7) is 0. The number of thiophene rings is 1. The molecule has 102 valence electrons. The van der Waals surface area contributed by atoms with E-state index >= 15 is 0 Å². The summed E-state index contributed by atoms with van der Waals surface area (Å²) < 4.78 is 7.48. The van der Waals surface area contributed by atoms with Crippen molar-refractivity contribution in [3.05, 3.63) is 72.3 Å². The average molecular weight is 292 g/mol. The maximum atomic E-state index is 5.55. The molecule has 0 unspecified atom stereocenters. The summed E-state index contributed by atoms with van der Waals surface area (Å²) in [6, 6.07) is 20.1. The molecule has 0 aliphatic carbocycles. The summed E-state index contributed by atoms with van der Waals surface area (Å²) in [5.74, 6) is 0.814. The molecule has 0 aliphatic heterocycles. The first-order valence-electron chi connectivity index (χ1n) is 6.65. The van der Waals surface area contributed by atoms with Crippen LogP contribution in [-0.2, 0) is 0 Å². The average Bonchev–Trinajstić information content (AvgIpc) is 3.27. The summed E-state index contributed by atoms with van der Waals surface area (Å²) in [7, 11) is 0. The largest absolute Gasteiger partial charge is 0.463 e. The Hall–Kier alpha value is -2.59. The van der Waals surface area contributed by atoms with E-state index in [1.807, 2.05) is 53.2 Å². The Labute approximate surface area is 126 Å². The molecular formula is C17H12N2OS. The molecule has 0 saturated carbocycles. The van der Waals surface area contributed by atoms with E-state index in [1.165, 1.54) is 0 Å². The van der Waals surface area contributed by atoms with Crippen LogP contribution >= 0.6 is 11.3 Å². The molecule has 1 aromatic carbocycles. The van der Waals surface area contributed by atoms with E-state index in [1.54, 1.807) is 17.6 Å². The van der Waals surface area contributed by atoms with Gasteiger partial charge in [-0.3, -0.25) is 0 Å². The lowest BCUT2D eigenvalue weighted by Crippen LogP contribution is -1.98. The Balaban J connectivity index is 1.92.